The number of rotatable bonds is 6. The van der Waals surface area contributed by atoms with Crippen molar-refractivity contribution in [1.29, 1.82) is 0 Å². The van der Waals surface area contributed by atoms with E-state index in [1.807, 2.05) is 13.0 Å². The number of benzene rings is 2. The average molecular weight is 500 g/mol. The van der Waals surface area contributed by atoms with Gasteiger partial charge in [-0.05, 0) is 56.5 Å². The largest absolute Gasteiger partial charge is 0.479 e. The molecule has 1 saturated carbocycles. The van der Waals surface area contributed by atoms with Crippen molar-refractivity contribution in [2.24, 2.45) is 0 Å². The van der Waals surface area contributed by atoms with Crippen LogP contribution in [0.25, 0.3) is 0 Å². The predicted octanol–water partition coefficient (Wildman–Crippen LogP) is 4.11. The van der Waals surface area contributed by atoms with Crippen LogP contribution in [0.2, 0.25) is 10.0 Å². The van der Waals surface area contributed by atoms with Crippen LogP contribution >= 0.6 is 34.8 Å². The van der Waals surface area contributed by atoms with Gasteiger partial charge in [-0.3, -0.25) is 9.59 Å². The number of aliphatic hydroxyl groups is 1. The fourth-order valence-electron chi connectivity index (χ4n) is 3.58. The minimum atomic E-state index is -0.885. The molecule has 5 atom stereocenters. The molecule has 0 aliphatic heterocycles. The van der Waals surface area contributed by atoms with E-state index in [2.05, 4.69) is 10.6 Å². The van der Waals surface area contributed by atoms with E-state index in [-0.39, 0.29) is 24.7 Å². The van der Waals surface area contributed by atoms with E-state index < -0.39 is 29.7 Å². The summed E-state index contributed by atoms with van der Waals surface area (Å²) in [5.41, 5.74) is 1.31. The lowest BCUT2D eigenvalue weighted by Crippen LogP contribution is -2.57. The van der Waals surface area contributed by atoms with Gasteiger partial charge in [0, 0.05) is 6.04 Å². The molecule has 32 heavy (non-hydrogen) atoms. The molecule has 0 spiro atoms. The third-order valence-electron chi connectivity index (χ3n) is 5.40. The third-order valence-corrected chi connectivity index (χ3v) is 6.51. The summed E-state index contributed by atoms with van der Waals surface area (Å²) in [4.78, 5) is 25.1. The Morgan fingerprint density at radius 3 is 2.47 bits per heavy atom. The summed E-state index contributed by atoms with van der Waals surface area (Å²) in [6.45, 7) is 3.52. The van der Waals surface area contributed by atoms with Gasteiger partial charge < -0.3 is 20.5 Å². The van der Waals surface area contributed by atoms with Gasteiger partial charge >= 0.3 is 0 Å². The number of carbonyl (C=O) groups is 2. The first-order valence-corrected chi connectivity index (χ1v) is 11.5. The van der Waals surface area contributed by atoms with Crippen LogP contribution in [0.15, 0.2) is 42.5 Å². The molecule has 172 valence electrons. The summed E-state index contributed by atoms with van der Waals surface area (Å²) >= 11 is 18.7. The van der Waals surface area contributed by atoms with E-state index in [4.69, 9.17) is 39.5 Å². The SMILES string of the molecule is Cc1ccc(OC(C)C(=O)NC2CC(O)C(NC(=O)c3ccccc3Cl)CC2Cl)c(Cl)c1. The monoisotopic (exact) mass is 498 g/mol. The van der Waals surface area contributed by atoms with Gasteiger partial charge in [-0.1, -0.05) is 41.4 Å². The first-order chi connectivity index (χ1) is 15.2. The van der Waals surface area contributed by atoms with Crippen molar-refractivity contribution in [3.05, 3.63) is 63.6 Å². The van der Waals surface area contributed by atoms with Crippen LogP contribution in [0.5, 0.6) is 5.75 Å². The third kappa shape index (κ3) is 6.07. The normalized spacial score (nSPS) is 23.8. The summed E-state index contributed by atoms with van der Waals surface area (Å²) in [6.07, 6.45) is -1.23. The maximum atomic E-state index is 12.6. The second-order valence-corrected chi connectivity index (χ2v) is 9.30. The Labute approximate surface area is 202 Å². The minimum Gasteiger partial charge on any atom is -0.479 e. The molecule has 1 aliphatic carbocycles. The van der Waals surface area contributed by atoms with Gasteiger partial charge in [0.15, 0.2) is 6.10 Å². The molecule has 2 amide bonds. The number of amides is 2. The van der Waals surface area contributed by atoms with E-state index in [0.717, 1.165) is 5.56 Å². The number of alkyl halides is 1. The highest BCUT2D eigenvalue weighted by atomic mass is 35.5. The van der Waals surface area contributed by atoms with Gasteiger partial charge in [0.1, 0.15) is 5.75 Å². The zero-order chi connectivity index (χ0) is 23.4. The van der Waals surface area contributed by atoms with Crippen LogP contribution in [0.4, 0.5) is 0 Å². The molecule has 2 aromatic rings. The molecular formula is C23H25Cl3N2O4. The lowest BCUT2D eigenvalue weighted by Gasteiger charge is -2.37. The number of ether oxygens (including phenoxy) is 1. The molecule has 1 fully saturated rings. The molecule has 0 heterocycles. The quantitative estimate of drug-likeness (QED) is 0.522. The summed E-state index contributed by atoms with van der Waals surface area (Å²) in [7, 11) is 0. The Hall–Kier alpha value is -1.99. The van der Waals surface area contributed by atoms with E-state index in [1.165, 1.54) is 0 Å². The second-order valence-electron chi connectivity index (χ2n) is 7.92. The Balaban J connectivity index is 1.56. The van der Waals surface area contributed by atoms with Crippen LogP contribution in [-0.4, -0.2) is 46.6 Å². The van der Waals surface area contributed by atoms with Crippen LogP contribution in [0.1, 0.15) is 35.7 Å². The van der Waals surface area contributed by atoms with Crippen molar-refractivity contribution in [2.75, 3.05) is 0 Å². The van der Waals surface area contributed by atoms with Crippen molar-refractivity contribution in [3.63, 3.8) is 0 Å². The molecule has 0 radical (unpaired) electrons. The smallest absolute Gasteiger partial charge is 0.261 e. The molecule has 0 aromatic heterocycles. The predicted molar refractivity (Wildman–Crippen MR) is 126 cm³/mol. The second kappa shape index (κ2) is 10.8. The Morgan fingerprint density at radius 1 is 1.06 bits per heavy atom. The number of halogens is 3. The number of hydrogen-bond acceptors (Lipinski definition) is 4. The fraction of sp³-hybridized carbons (Fsp3) is 0.391. The maximum Gasteiger partial charge on any atom is 0.261 e. The molecule has 2 aromatic carbocycles. The highest BCUT2D eigenvalue weighted by molar-refractivity contribution is 6.33. The van der Waals surface area contributed by atoms with Gasteiger partial charge in [0.05, 0.1) is 33.1 Å². The molecule has 1 aliphatic rings. The van der Waals surface area contributed by atoms with E-state index in [9.17, 15) is 14.7 Å². The van der Waals surface area contributed by atoms with E-state index in [1.54, 1.807) is 43.3 Å². The zero-order valence-electron chi connectivity index (χ0n) is 17.6. The van der Waals surface area contributed by atoms with Crippen LogP contribution in [0.3, 0.4) is 0 Å². The topological polar surface area (TPSA) is 87.7 Å². The standard InChI is InChI=1S/C23H25Cl3N2O4/c1-12-7-8-21(17(26)9-12)32-13(2)22(30)27-18-11-20(29)19(10-16(18)25)28-23(31)14-5-3-4-6-15(14)24/h3-9,13,16,18-20,29H,10-11H2,1-2H3,(H,27,30)(H,28,31). The first-order valence-electron chi connectivity index (χ1n) is 10.3. The van der Waals surface area contributed by atoms with E-state index >= 15 is 0 Å². The lowest BCUT2D eigenvalue weighted by atomic mass is 9.87. The van der Waals surface area contributed by atoms with Crippen molar-refractivity contribution in [1.82, 2.24) is 10.6 Å². The van der Waals surface area contributed by atoms with Gasteiger partial charge in [-0.25, -0.2) is 0 Å². The molecule has 6 nitrogen and oxygen atoms in total. The van der Waals surface area contributed by atoms with Gasteiger partial charge in [0.2, 0.25) is 0 Å². The average Bonchev–Trinajstić information content (AvgIpc) is 2.73. The van der Waals surface area contributed by atoms with Crippen molar-refractivity contribution >= 4 is 46.6 Å². The molecule has 0 bridgehead atoms. The molecular weight excluding hydrogens is 475 g/mol. The van der Waals surface area contributed by atoms with Crippen LogP contribution in [-0.2, 0) is 4.79 Å². The summed E-state index contributed by atoms with van der Waals surface area (Å²) in [5, 5.41) is 16.4. The molecule has 3 N–H and O–H groups in total. The van der Waals surface area contributed by atoms with Crippen LogP contribution < -0.4 is 15.4 Å². The summed E-state index contributed by atoms with van der Waals surface area (Å²) in [5.74, 6) is -0.348. The molecule has 3 rings (SSSR count). The minimum absolute atomic E-state index is 0.186. The highest BCUT2D eigenvalue weighted by Crippen LogP contribution is 2.28. The van der Waals surface area contributed by atoms with Gasteiger partial charge in [-0.2, -0.15) is 0 Å². The number of carbonyl (C=O) groups excluding carboxylic acids is 2. The maximum absolute atomic E-state index is 12.6. The van der Waals surface area contributed by atoms with Crippen molar-refractivity contribution < 1.29 is 19.4 Å². The highest BCUT2D eigenvalue weighted by Gasteiger charge is 2.38. The number of nitrogens with one attached hydrogen (secondary N) is 2. The Morgan fingerprint density at radius 2 is 1.78 bits per heavy atom. The van der Waals surface area contributed by atoms with Gasteiger partial charge in [0.25, 0.3) is 11.8 Å². The summed E-state index contributed by atoms with van der Waals surface area (Å²) < 4.78 is 5.68. The van der Waals surface area contributed by atoms with E-state index in [0.29, 0.717) is 21.4 Å². The summed E-state index contributed by atoms with van der Waals surface area (Å²) in [6, 6.07) is 10.9. The van der Waals surface area contributed by atoms with Crippen LogP contribution in [0, 0.1) is 6.92 Å². The fourth-order valence-corrected chi connectivity index (χ4v) is 4.44. The Bertz CT molecular complexity index is 987. The first kappa shape index (κ1) is 24.6. The van der Waals surface area contributed by atoms with Gasteiger partial charge in [-0.15, -0.1) is 11.6 Å². The molecule has 0 saturated heterocycles. The number of hydrogen-bond donors (Lipinski definition) is 3. The number of aryl methyl sites for hydroxylation is 1. The lowest BCUT2D eigenvalue weighted by molar-refractivity contribution is -0.128. The molecule has 9 heteroatoms. The Kier molecular flexibility index (Phi) is 8.28. The van der Waals surface area contributed by atoms with Crippen molar-refractivity contribution in [3.8, 4) is 5.75 Å². The number of aliphatic hydroxyl groups excluding tert-OH is 1. The molecule has 5 unspecified atom stereocenters. The van der Waals surface area contributed by atoms with Crippen molar-refractivity contribution in [2.45, 2.75) is 56.4 Å². The zero-order valence-corrected chi connectivity index (χ0v) is 19.9.